The van der Waals surface area contributed by atoms with Crippen LogP contribution in [-0.2, 0) is 29.2 Å². The molecule has 8 nitrogen and oxygen atoms in total. The lowest BCUT2D eigenvalue weighted by Crippen LogP contribution is -2.31. The molecule has 4 heterocycles. The number of nitrogens with zero attached hydrogens (tertiary/aromatic N) is 5. The van der Waals surface area contributed by atoms with Gasteiger partial charge < -0.3 is 20.2 Å². The number of hydrogen-bond donors (Lipinski definition) is 2. The molecule has 1 aliphatic carbocycles. The van der Waals surface area contributed by atoms with Crippen LogP contribution in [0.4, 0.5) is 36.4 Å². The molecular formula is C29H31F3N6O2. The first-order valence-corrected chi connectivity index (χ1v) is 13.8. The minimum absolute atomic E-state index is 0.0652. The maximum absolute atomic E-state index is 13.7. The molecule has 210 valence electrons. The summed E-state index contributed by atoms with van der Waals surface area (Å²) in [6.07, 6.45) is 2.36. The molecule has 2 aromatic heterocycles. The number of piperidine rings is 1. The van der Waals surface area contributed by atoms with Gasteiger partial charge in [0.1, 0.15) is 11.6 Å². The molecule has 6 rings (SSSR count). The summed E-state index contributed by atoms with van der Waals surface area (Å²) in [4.78, 5) is 29.5. The Bertz CT molecular complexity index is 1400. The lowest BCUT2D eigenvalue weighted by atomic mass is 9.96. The van der Waals surface area contributed by atoms with Gasteiger partial charge in [0.05, 0.1) is 16.7 Å². The highest BCUT2D eigenvalue weighted by Crippen LogP contribution is 2.48. The van der Waals surface area contributed by atoms with E-state index in [2.05, 4.69) is 15.2 Å². The first-order valence-electron chi connectivity index (χ1n) is 13.8. The number of benzene rings is 1. The molecule has 2 aliphatic heterocycles. The van der Waals surface area contributed by atoms with Crippen molar-refractivity contribution in [2.24, 2.45) is 0 Å². The summed E-state index contributed by atoms with van der Waals surface area (Å²) in [7, 11) is 0. The Hall–Kier alpha value is -3.89. The van der Waals surface area contributed by atoms with Gasteiger partial charge in [-0.3, -0.25) is 4.79 Å². The van der Waals surface area contributed by atoms with Gasteiger partial charge in [-0.15, -0.1) is 0 Å². The number of rotatable bonds is 6. The zero-order chi connectivity index (χ0) is 27.9. The summed E-state index contributed by atoms with van der Waals surface area (Å²) in [6, 6.07) is 9.79. The summed E-state index contributed by atoms with van der Waals surface area (Å²) < 4.78 is 41.2. The van der Waals surface area contributed by atoms with Gasteiger partial charge in [0.2, 0.25) is 5.95 Å². The molecule has 40 heavy (non-hydrogen) atoms. The van der Waals surface area contributed by atoms with Gasteiger partial charge in [-0.25, -0.2) is 9.97 Å². The van der Waals surface area contributed by atoms with Gasteiger partial charge in [-0.1, -0.05) is 12.1 Å². The van der Waals surface area contributed by atoms with Crippen molar-refractivity contribution in [1.29, 1.82) is 0 Å². The van der Waals surface area contributed by atoms with E-state index in [1.807, 2.05) is 24.3 Å². The second kappa shape index (κ2) is 10.3. The third-order valence-electron chi connectivity index (χ3n) is 8.22. The number of nitrogens with one attached hydrogen (secondary N) is 1. The Labute approximate surface area is 230 Å². The Kier molecular flexibility index (Phi) is 6.75. The normalized spacial score (nSPS) is 18.6. The van der Waals surface area contributed by atoms with Crippen molar-refractivity contribution in [2.75, 3.05) is 41.3 Å². The van der Waals surface area contributed by atoms with E-state index in [9.17, 15) is 23.1 Å². The van der Waals surface area contributed by atoms with Crippen molar-refractivity contribution >= 4 is 29.2 Å². The second-order valence-corrected chi connectivity index (χ2v) is 10.8. The van der Waals surface area contributed by atoms with Crippen molar-refractivity contribution in [3.8, 4) is 0 Å². The van der Waals surface area contributed by atoms with E-state index in [1.165, 1.54) is 12.3 Å². The van der Waals surface area contributed by atoms with Gasteiger partial charge in [0, 0.05) is 50.0 Å². The van der Waals surface area contributed by atoms with Crippen LogP contribution < -0.4 is 15.1 Å². The first kappa shape index (κ1) is 26.3. The molecule has 3 aromatic rings. The number of aromatic nitrogens is 3. The Morgan fingerprint density at radius 2 is 1.65 bits per heavy atom. The van der Waals surface area contributed by atoms with Gasteiger partial charge in [0.15, 0.2) is 0 Å². The molecule has 2 fully saturated rings. The summed E-state index contributed by atoms with van der Waals surface area (Å²) in [5.41, 5.74) is 1.73. The molecular weight excluding hydrogens is 521 g/mol. The summed E-state index contributed by atoms with van der Waals surface area (Å²) in [5.74, 6) is 0.399. The molecule has 0 bridgehead atoms. The fraction of sp³-hybridized carbons (Fsp3) is 0.448. The molecule has 0 radical (unpaired) electrons. The first-order chi connectivity index (χ1) is 19.2. The van der Waals surface area contributed by atoms with E-state index in [0.29, 0.717) is 50.5 Å². The standard InChI is InChI=1S/C29H31F3N6O2/c30-29(31,32)22-5-4-14-33-25(22)37-17-10-21-23(11-18-37)35-27(38-15-2-1-3-16-38)36-24(21)34-20-8-6-19(7-9-20)28(12-13-28)26(39)40/h4-9,14H,1-3,10-13,15-18H2,(H,39,40)(H,34,35,36). The van der Waals surface area contributed by atoms with Gasteiger partial charge in [-0.2, -0.15) is 18.2 Å². The van der Waals surface area contributed by atoms with E-state index in [1.54, 1.807) is 4.90 Å². The number of fused-ring (bicyclic) bond motifs is 1. The number of anilines is 4. The number of hydrogen-bond acceptors (Lipinski definition) is 7. The number of alkyl halides is 3. The van der Waals surface area contributed by atoms with Crippen molar-refractivity contribution < 1.29 is 23.1 Å². The van der Waals surface area contributed by atoms with Crippen LogP contribution in [0.15, 0.2) is 42.6 Å². The van der Waals surface area contributed by atoms with Crippen LogP contribution in [0, 0.1) is 0 Å². The lowest BCUT2D eigenvalue weighted by Gasteiger charge is -2.28. The van der Waals surface area contributed by atoms with Crippen LogP contribution in [0.1, 0.15) is 54.5 Å². The van der Waals surface area contributed by atoms with E-state index >= 15 is 0 Å². The quantitative estimate of drug-likeness (QED) is 0.423. The smallest absolute Gasteiger partial charge is 0.419 e. The number of carboxylic acid groups (broad SMARTS) is 1. The average molecular weight is 553 g/mol. The fourth-order valence-electron chi connectivity index (χ4n) is 5.77. The average Bonchev–Trinajstić information content (AvgIpc) is 3.78. The molecule has 0 spiro atoms. The molecule has 2 N–H and O–H groups in total. The number of pyridine rings is 1. The van der Waals surface area contributed by atoms with Gasteiger partial charge in [-0.05, 0) is 68.4 Å². The van der Waals surface area contributed by atoms with Crippen LogP contribution in [0.25, 0.3) is 0 Å². The maximum Gasteiger partial charge on any atom is 0.419 e. The largest absolute Gasteiger partial charge is 0.481 e. The Morgan fingerprint density at radius 3 is 2.33 bits per heavy atom. The minimum Gasteiger partial charge on any atom is -0.481 e. The van der Waals surface area contributed by atoms with E-state index in [0.717, 1.165) is 60.9 Å². The maximum atomic E-state index is 13.7. The molecule has 1 saturated carbocycles. The molecule has 1 saturated heterocycles. The topological polar surface area (TPSA) is 94.5 Å². The number of aliphatic carboxylic acids is 1. The van der Waals surface area contributed by atoms with Crippen LogP contribution in [-0.4, -0.2) is 52.2 Å². The Morgan fingerprint density at radius 1 is 0.925 bits per heavy atom. The highest BCUT2D eigenvalue weighted by Gasteiger charge is 2.51. The SMILES string of the molecule is O=C(O)C1(c2ccc(Nc3nc(N4CCCCC4)nc4c3CCN(c3ncccc3C(F)(F)F)CC4)cc2)CC1. The molecule has 0 amide bonds. The predicted molar refractivity (Wildman–Crippen MR) is 145 cm³/mol. The molecule has 0 atom stereocenters. The Balaban J connectivity index is 1.31. The number of halogens is 3. The van der Waals surface area contributed by atoms with Crippen LogP contribution in [0.5, 0.6) is 0 Å². The van der Waals surface area contributed by atoms with Gasteiger partial charge >= 0.3 is 12.1 Å². The minimum atomic E-state index is -4.50. The highest BCUT2D eigenvalue weighted by atomic mass is 19.4. The second-order valence-electron chi connectivity index (χ2n) is 10.8. The summed E-state index contributed by atoms with van der Waals surface area (Å²) in [6.45, 7) is 2.42. The summed E-state index contributed by atoms with van der Waals surface area (Å²) in [5, 5.41) is 13.1. The van der Waals surface area contributed by atoms with E-state index in [4.69, 9.17) is 9.97 Å². The zero-order valence-electron chi connectivity index (χ0n) is 22.0. The third-order valence-corrected chi connectivity index (χ3v) is 8.22. The molecule has 11 heteroatoms. The van der Waals surface area contributed by atoms with Crippen LogP contribution in [0.2, 0.25) is 0 Å². The third kappa shape index (κ3) is 5.04. The molecule has 3 aliphatic rings. The monoisotopic (exact) mass is 552 g/mol. The zero-order valence-corrected chi connectivity index (χ0v) is 22.0. The molecule has 0 unspecified atom stereocenters. The number of carbonyl (C=O) groups is 1. The van der Waals surface area contributed by atoms with Gasteiger partial charge in [0.25, 0.3) is 0 Å². The molecule has 1 aromatic carbocycles. The van der Waals surface area contributed by atoms with E-state index in [-0.39, 0.29) is 5.82 Å². The highest BCUT2D eigenvalue weighted by molar-refractivity contribution is 5.85. The van der Waals surface area contributed by atoms with Crippen molar-refractivity contribution in [1.82, 2.24) is 15.0 Å². The summed E-state index contributed by atoms with van der Waals surface area (Å²) >= 11 is 0. The van der Waals surface area contributed by atoms with Crippen molar-refractivity contribution in [2.45, 2.75) is 56.5 Å². The van der Waals surface area contributed by atoms with Crippen molar-refractivity contribution in [3.05, 3.63) is 65.0 Å². The van der Waals surface area contributed by atoms with Crippen LogP contribution >= 0.6 is 0 Å². The number of carboxylic acids is 1. The van der Waals surface area contributed by atoms with Crippen LogP contribution in [0.3, 0.4) is 0 Å². The van der Waals surface area contributed by atoms with Crippen molar-refractivity contribution in [3.63, 3.8) is 0 Å². The predicted octanol–water partition coefficient (Wildman–Crippen LogP) is 5.35. The fourth-order valence-corrected chi connectivity index (χ4v) is 5.77. The van der Waals surface area contributed by atoms with E-state index < -0.39 is 23.1 Å². The lowest BCUT2D eigenvalue weighted by molar-refractivity contribution is -0.140.